The van der Waals surface area contributed by atoms with Gasteiger partial charge in [-0.05, 0) is 30.0 Å². The number of rotatable bonds is 1. The summed E-state index contributed by atoms with van der Waals surface area (Å²) < 4.78 is 0. The molecule has 1 unspecified atom stereocenters. The van der Waals surface area contributed by atoms with Crippen LogP contribution in [0.25, 0.3) is 5.70 Å². The maximum atomic E-state index is 6.21. The first-order chi connectivity index (χ1) is 7.75. The van der Waals surface area contributed by atoms with Crippen molar-refractivity contribution in [2.45, 2.75) is 0 Å². The molecule has 2 aliphatic rings. The molecule has 0 amide bonds. The minimum atomic E-state index is 0.672. The fourth-order valence-electron chi connectivity index (χ4n) is 1.95. The summed E-state index contributed by atoms with van der Waals surface area (Å²) in [6.07, 6.45) is 0. The van der Waals surface area contributed by atoms with E-state index in [0.29, 0.717) is 10.0 Å². The van der Waals surface area contributed by atoms with Gasteiger partial charge in [0.05, 0.1) is 17.1 Å². The summed E-state index contributed by atoms with van der Waals surface area (Å²) in [6, 6.07) is 5.64. The van der Waals surface area contributed by atoms with Gasteiger partial charge in [0.1, 0.15) is 6.54 Å². The number of hydrogen-bond acceptors (Lipinski definition) is 2. The van der Waals surface area contributed by atoms with Crippen molar-refractivity contribution in [2.75, 3.05) is 13.1 Å². The van der Waals surface area contributed by atoms with Crippen LogP contribution in [0.4, 0.5) is 0 Å². The molecule has 0 radical (unpaired) electrons. The van der Waals surface area contributed by atoms with E-state index in [1.54, 1.807) is 17.8 Å². The fourth-order valence-corrected chi connectivity index (χ4v) is 3.48. The Morgan fingerprint density at radius 3 is 3.00 bits per heavy atom. The van der Waals surface area contributed by atoms with E-state index in [0.717, 1.165) is 23.8 Å². The Morgan fingerprint density at radius 2 is 2.19 bits per heavy atom. The van der Waals surface area contributed by atoms with E-state index in [-0.39, 0.29) is 0 Å². The van der Waals surface area contributed by atoms with Crippen LogP contribution in [0.5, 0.6) is 0 Å². The number of thioether (sulfide) groups is 1. The summed E-state index contributed by atoms with van der Waals surface area (Å²) in [5, 5.41) is 4.66. The summed E-state index contributed by atoms with van der Waals surface area (Å²) >= 11 is 13.8. The SMILES string of the molecule is Clc1ccc(C2=CSC3=NCC[NH+]23)c(Cl)c1. The smallest absolute Gasteiger partial charge is 0.245 e. The second-order valence-electron chi connectivity index (χ2n) is 3.69. The fraction of sp³-hybridized carbons (Fsp3) is 0.182. The highest BCUT2D eigenvalue weighted by atomic mass is 35.5. The number of halogens is 2. The van der Waals surface area contributed by atoms with Gasteiger partial charge in [-0.1, -0.05) is 23.2 Å². The van der Waals surface area contributed by atoms with Gasteiger partial charge in [0.2, 0.25) is 0 Å². The maximum absolute atomic E-state index is 6.21. The molecule has 16 heavy (non-hydrogen) atoms. The van der Waals surface area contributed by atoms with Gasteiger partial charge in [-0.3, -0.25) is 0 Å². The Kier molecular flexibility index (Phi) is 2.72. The lowest BCUT2D eigenvalue weighted by Gasteiger charge is -2.11. The average Bonchev–Trinajstić information content (AvgIpc) is 2.80. The summed E-state index contributed by atoms with van der Waals surface area (Å²) in [7, 11) is 0. The zero-order chi connectivity index (χ0) is 11.1. The van der Waals surface area contributed by atoms with Crippen molar-refractivity contribution in [1.82, 2.24) is 0 Å². The highest BCUT2D eigenvalue weighted by Crippen LogP contribution is 2.28. The number of nitrogens with zero attached hydrogens (tertiary/aromatic N) is 1. The van der Waals surface area contributed by atoms with E-state index in [1.165, 1.54) is 10.6 Å². The molecule has 2 heterocycles. The molecule has 1 aromatic rings. The van der Waals surface area contributed by atoms with Gasteiger partial charge in [-0.2, -0.15) is 0 Å². The van der Waals surface area contributed by atoms with Gasteiger partial charge in [-0.15, -0.1) is 0 Å². The molecular weight excluding hydrogens is 263 g/mol. The lowest BCUT2D eigenvalue weighted by molar-refractivity contribution is -0.708. The van der Waals surface area contributed by atoms with E-state index in [4.69, 9.17) is 23.2 Å². The lowest BCUT2D eigenvalue weighted by Crippen LogP contribution is -3.09. The van der Waals surface area contributed by atoms with Gasteiger partial charge in [0.25, 0.3) is 5.17 Å². The second-order valence-corrected chi connectivity index (χ2v) is 5.39. The van der Waals surface area contributed by atoms with Gasteiger partial charge >= 0.3 is 0 Å². The first-order valence-corrected chi connectivity index (χ1v) is 6.62. The highest BCUT2D eigenvalue weighted by Gasteiger charge is 2.34. The molecule has 2 aliphatic heterocycles. The van der Waals surface area contributed by atoms with E-state index in [9.17, 15) is 0 Å². The van der Waals surface area contributed by atoms with Gasteiger partial charge < -0.3 is 0 Å². The zero-order valence-corrected chi connectivity index (χ0v) is 10.7. The zero-order valence-electron chi connectivity index (χ0n) is 8.34. The number of aliphatic imine (C=N–C) groups is 1. The number of amidine groups is 1. The maximum Gasteiger partial charge on any atom is 0.267 e. The number of hydrogen-bond donors (Lipinski definition) is 1. The predicted octanol–water partition coefficient (Wildman–Crippen LogP) is 2.29. The Morgan fingerprint density at radius 1 is 1.31 bits per heavy atom. The van der Waals surface area contributed by atoms with Crippen molar-refractivity contribution in [1.29, 1.82) is 0 Å². The largest absolute Gasteiger partial charge is 0.267 e. The number of fused-ring (bicyclic) bond motifs is 1. The first-order valence-electron chi connectivity index (χ1n) is 4.99. The van der Waals surface area contributed by atoms with Crippen molar-refractivity contribution in [2.24, 2.45) is 4.99 Å². The van der Waals surface area contributed by atoms with Crippen LogP contribution in [0.3, 0.4) is 0 Å². The molecule has 1 aromatic carbocycles. The minimum Gasteiger partial charge on any atom is -0.245 e. The van der Waals surface area contributed by atoms with Gasteiger partial charge in [0, 0.05) is 10.4 Å². The van der Waals surface area contributed by atoms with Crippen LogP contribution in [0.1, 0.15) is 5.56 Å². The summed E-state index contributed by atoms with van der Waals surface area (Å²) in [5.74, 6) is 0. The van der Waals surface area contributed by atoms with Crippen molar-refractivity contribution in [3.8, 4) is 0 Å². The minimum absolute atomic E-state index is 0.672. The number of nitrogens with one attached hydrogen (secondary N) is 1. The van der Waals surface area contributed by atoms with Crippen molar-refractivity contribution in [3.05, 3.63) is 39.2 Å². The van der Waals surface area contributed by atoms with Crippen LogP contribution in [0.15, 0.2) is 28.6 Å². The third kappa shape index (κ3) is 1.68. The van der Waals surface area contributed by atoms with E-state index < -0.39 is 0 Å². The Labute approximate surface area is 108 Å². The monoisotopic (exact) mass is 271 g/mol. The predicted molar refractivity (Wildman–Crippen MR) is 70.2 cm³/mol. The normalized spacial score (nSPS) is 23.0. The molecule has 0 saturated carbocycles. The third-order valence-electron chi connectivity index (χ3n) is 2.71. The van der Waals surface area contributed by atoms with Crippen molar-refractivity contribution < 1.29 is 4.90 Å². The quantitative estimate of drug-likeness (QED) is 0.830. The Bertz CT molecular complexity index is 511. The molecule has 0 bridgehead atoms. The van der Waals surface area contributed by atoms with Gasteiger partial charge in [-0.25, -0.2) is 9.89 Å². The van der Waals surface area contributed by atoms with Crippen LogP contribution in [0, 0.1) is 0 Å². The molecule has 0 saturated heterocycles. The summed E-state index contributed by atoms with van der Waals surface area (Å²) in [5.41, 5.74) is 2.27. The molecule has 3 rings (SSSR count). The molecule has 1 atom stereocenters. The van der Waals surface area contributed by atoms with Crippen LogP contribution in [0.2, 0.25) is 10.0 Å². The molecule has 2 nitrogen and oxygen atoms in total. The molecule has 82 valence electrons. The van der Waals surface area contributed by atoms with Crippen LogP contribution >= 0.6 is 35.0 Å². The van der Waals surface area contributed by atoms with Crippen molar-refractivity contribution >= 4 is 45.8 Å². The number of quaternary nitrogens is 1. The Balaban J connectivity index is 2.02. The van der Waals surface area contributed by atoms with E-state index in [1.807, 2.05) is 12.1 Å². The van der Waals surface area contributed by atoms with Gasteiger partial charge in [0.15, 0.2) is 5.70 Å². The average molecular weight is 272 g/mol. The summed E-state index contributed by atoms with van der Waals surface area (Å²) in [6.45, 7) is 1.92. The number of benzene rings is 1. The highest BCUT2D eigenvalue weighted by molar-refractivity contribution is 8.16. The lowest BCUT2D eigenvalue weighted by atomic mass is 10.1. The second kappa shape index (κ2) is 4.08. The molecule has 0 aromatic heterocycles. The summed E-state index contributed by atoms with van der Waals surface area (Å²) in [4.78, 5) is 5.77. The molecule has 0 fully saturated rings. The first kappa shape index (κ1) is 10.7. The molecule has 0 spiro atoms. The topological polar surface area (TPSA) is 16.8 Å². The van der Waals surface area contributed by atoms with Crippen molar-refractivity contribution in [3.63, 3.8) is 0 Å². The van der Waals surface area contributed by atoms with E-state index >= 15 is 0 Å². The van der Waals surface area contributed by atoms with Crippen LogP contribution in [-0.4, -0.2) is 18.3 Å². The van der Waals surface area contributed by atoms with Crippen LogP contribution in [-0.2, 0) is 0 Å². The Hall–Kier alpha value is -0.480. The van der Waals surface area contributed by atoms with Crippen LogP contribution < -0.4 is 4.90 Å². The third-order valence-corrected chi connectivity index (χ3v) is 4.21. The molecule has 5 heteroatoms. The molecule has 1 N–H and O–H groups in total. The molecule has 0 aliphatic carbocycles. The molecular formula is C11H9Cl2N2S+. The standard InChI is InChI=1S/C11H8Cl2N2S/c12-7-1-2-8(9(13)5-7)10-6-16-11-14-3-4-15(10)11/h1-2,5-6H,3-4H2/p+1. The van der Waals surface area contributed by atoms with E-state index in [2.05, 4.69) is 10.4 Å².